The Labute approximate surface area is 118 Å². The molecule has 0 saturated carbocycles. The number of carbonyl (C=O) groups excluding carboxylic acids is 1. The maximum Gasteiger partial charge on any atom is 0.260 e. The number of likely N-dealkylation sites (N-methyl/N-ethyl adjacent to an activating group) is 1. The Morgan fingerprint density at radius 1 is 1.42 bits per heavy atom. The topological polar surface area (TPSA) is 59.6 Å². The van der Waals surface area contributed by atoms with Crippen LogP contribution in [0.4, 0.5) is 0 Å². The Hall–Kier alpha value is -1.46. The molecule has 1 atom stereocenters. The van der Waals surface area contributed by atoms with E-state index in [4.69, 9.17) is 21.1 Å². The predicted molar refractivity (Wildman–Crippen MR) is 74.9 cm³/mol. The molecule has 0 saturated heterocycles. The third-order valence-electron chi connectivity index (χ3n) is 2.58. The monoisotopic (exact) mass is 286 g/mol. The molecule has 0 aliphatic rings. The number of hydrogen-bond donors (Lipinski definition) is 2. The number of halogens is 1. The minimum atomic E-state index is -0.647. The first kappa shape index (κ1) is 15.6. The summed E-state index contributed by atoms with van der Waals surface area (Å²) in [6.07, 6.45) is -0.647. The molecule has 106 valence electrons. The van der Waals surface area contributed by atoms with E-state index in [1.807, 2.05) is 13.1 Å². The quantitative estimate of drug-likeness (QED) is 0.834. The molecule has 1 amide bonds. The van der Waals surface area contributed by atoms with E-state index in [1.165, 1.54) is 7.11 Å². The van der Waals surface area contributed by atoms with Crippen molar-refractivity contribution >= 4 is 17.5 Å². The molecular weight excluding hydrogens is 268 g/mol. The molecule has 0 aliphatic heterocycles. The van der Waals surface area contributed by atoms with E-state index >= 15 is 0 Å². The standard InChI is InChI=1S/C13H19ClN2O3/c1-8(13(17)16-3)19-12-10(14)5-9(7-15-2)6-11(12)18-4/h5-6,8,15H,7H2,1-4H3,(H,16,17). The Morgan fingerprint density at radius 3 is 2.63 bits per heavy atom. The Balaban J connectivity index is 3.02. The van der Waals surface area contributed by atoms with Crippen molar-refractivity contribution in [3.8, 4) is 11.5 Å². The average Bonchev–Trinajstić information content (AvgIpc) is 2.40. The van der Waals surface area contributed by atoms with Crippen LogP contribution in [-0.2, 0) is 11.3 Å². The van der Waals surface area contributed by atoms with E-state index in [0.717, 1.165) is 5.56 Å². The van der Waals surface area contributed by atoms with Crippen molar-refractivity contribution in [2.75, 3.05) is 21.2 Å². The largest absolute Gasteiger partial charge is 0.493 e. The average molecular weight is 287 g/mol. The fraction of sp³-hybridized carbons (Fsp3) is 0.462. The number of carbonyl (C=O) groups is 1. The summed E-state index contributed by atoms with van der Waals surface area (Å²) in [5, 5.41) is 5.96. The Bertz CT molecular complexity index is 452. The highest BCUT2D eigenvalue weighted by Crippen LogP contribution is 2.37. The van der Waals surface area contributed by atoms with Gasteiger partial charge in [0, 0.05) is 13.6 Å². The lowest BCUT2D eigenvalue weighted by Gasteiger charge is -2.18. The number of hydrogen-bond acceptors (Lipinski definition) is 4. The second-order valence-electron chi connectivity index (χ2n) is 4.01. The summed E-state index contributed by atoms with van der Waals surface area (Å²) in [6.45, 7) is 2.32. The van der Waals surface area contributed by atoms with Crippen LogP contribution in [0.5, 0.6) is 11.5 Å². The fourth-order valence-electron chi connectivity index (χ4n) is 1.63. The molecule has 0 radical (unpaired) electrons. The van der Waals surface area contributed by atoms with Crippen LogP contribution in [0, 0.1) is 0 Å². The van der Waals surface area contributed by atoms with Crippen molar-refractivity contribution in [1.82, 2.24) is 10.6 Å². The number of nitrogens with one attached hydrogen (secondary N) is 2. The van der Waals surface area contributed by atoms with Crippen LogP contribution in [-0.4, -0.2) is 33.2 Å². The van der Waals surface area contributed by atoms with Gasteiger partial charge in [-0.05, 0) is 31.7 Å². The second kappa shape index (κ2) is 7.21. The molecule has 0 bridgehead atoms. The van der Waals surface area contributed by atoms with Gasteiger partial charge in [-0.2, -0.15) is 0 Å². The molecule has 1 rings (SSSR count). The van der Waals surface area contributed by atoms with Gasteiger partial charge in [0.05, 0.1) is 12.1 Å². The third-order valence-corrected chi connectivity index (χ3v) is 2.86. The summed E-state index contributed by atoms with van der Waals surface area (Å²) in [4.78, 5) is 11.5. The maximum atomic E-state index is 11.5. The van der Waals surface area contributed by atoms with Crippen LogP contribution >= 0.6 is 11.6 Å². The number of benzene rings is 1. The summed E-state index contributed by atoms with van der Waals surface area (Å²) < 4.78 is 10.8. The van der Waals surface area contributed by atoms with Crippen LogP contribution in [0.3, 0.4) is 0 Å². The van der Waals surface area contributed by atoms with Gasteiger partial charge >= 0.3 is 0 Å². The number of methoxy groups -OCH3 is 1. The first-order valence-corrected chi connectivity index (χ1v) is 6.30. The molecule has 1 aromatic rings. The third kappa shape index (κ3) is 4.01. The minimum absolute atomic E-state index is 0.225. The van der Waals surface area contributed by atoms with E-state index in [9.17, 15) is 4.79 Å². The summed E-state index contributed by atoms with van der Waals surface area (Å²) in [7, 11) is 4.93. The van der Waals surface area contributed by atoms with Crippen LogP contribution in [0.15, 0.2) is 12.1 Å². The molecule has 6 heteroatoms. The number of rotatable bonds is 6. The molecule has 0 heterocycles. The fourth-order valence-corrected chi connectivity index (χ4v) is 1.91. The van der Waals surface area contributed by atoms with Gasteiger partial charge in [0.15, 0.2) is 17.6 Å². The van der Waals surface area contributed by atoms with E-state index in [2.05, 4.69) is 10.6 Å². The lowest BCUT2D eigenvalue weighted by Crippen LogP contribution is -2.33. The van der Waals surface area contributed by atoms with Crippen molar-refractivity contribution in [3.05, 3.63) is 22.7 Å². The zero-order valence-electron chi connectivity index (χ0n) is 11.5. The molecule has 0 spiro atoms. The minimum Gasteiger partial charge on any atom is -0.493 e. The Kier molecular flexibility index (Phi) is 5.92. The molecule has 1 unspecified atom stereocenters. The first-order valence-electron chi connectivity index (χ1n) is 5.92. The van der Waals surface area contributed by atoms with Crippen LogP contribution in [0.2, 0.25) is 5.02 Å². The van der Waals surface area contributed by atoms with Gasteiger partial charge in [-0.1, -0.05) is 11.6 Å². The van der Waals surface area contributed by atoms with Crippen LogP contribution < -0.4 is 20.1 Å². The normalized spacial score (nSPS) is 11.8. The van der Waals surface area contributed by atoms with Crippen LogP contribution in [0.25, 0.3) is 0 Å². The molecule has 0 aliphatic carbocycles. The molecule has 1 aromatic carbocycles. The van der Waals surface area contributed by atoms with E-state index in [1.54, 1.807) is 20.0 Å². The summed E-state index contributed by atoms with van der Waals surface area (Å²) in [5.74, 6) is 0.658. The van der Waals surface area contributed by atoms with E-state index < -0.39 is 6.10 Å². The molecule has 19 heavy (non-hydrogen) atoms. The second-order valence-corrected chi connectivity index (χ2v) is 4.42. The predicted octanol–water partition coefficient (Wildman–Crippen LogP) is 1.58. The Morgan fingerprint density at radius 2 is 2.11 bits per heavy atom. The van der Waals surface area contributed by atoms with Crippen molar-refractivity contribution in [3.63, 3.8) is 0 Å². The van der Waals surface area contributed by atoms with Crippen molar-refractivity contribution in [2.45, 2.75) is 19.6 Å². The van der Waals surface area contributed by atoms with Gasteiger partial charge in [-0.15, -0.1) is 0 Å². The highest BCUT2D eigenvalue weighted by molar-refractivity contribution is 6.32. The smallest absolute Gasteiger partial charge is 0.260 e. The van der Waals surface area contributed by atoms with Crippen LogP contribution in [0.1, 0.15) is 12.5 Å². The zero-order chi connectivity index (χ0) is 14.4. The van der Waals surface area contributed by atoms with Gasteiger partial charge in [0.25, 0.3) is 5.91 Å². The molecule has 0 fully saturated rings. The maximum absolute atomic E-state index is 11.5. The van der Waals surface area contributed by atoms with Gasteiger partial charge in [0.1, 0.15) is 0 Å². The van der Waals surface area contributed by atoms with E-state index in [0.29, 0.717) is 23.1 Å². The lowest BCUT2D eigenvalue weighted by molar-refractivity contribution is -0.126. The number of amides is 1. The SMILES string of the molecule is CNCc1cc(Cl)c(OC(C)C(=O)NC)c(OC)c1. The van der Waals surface area contributed by atoms with Gasteiger partial charge in [0.2, 0.25) is 0 Å². The van der Waals surface area contributed by atoms with Crippen molar-refractivity contribution < 1.29 is 14.3 Å². The molecular formula is C13H19ClN2O3. The van der Waals surface area contributed by atoms with Gasteiger partial charge < -0.3 is 20.1 Å². The highest BCUT2D eigenvalue weighted by Gasteiger charge is 2.18. The van der Waals surface area contributed by atoms with Gasteiger partial charge in [-0.3, -0.25) is 4.79 Å². The highest BCUT2D eigenvalue weighted by atomic mass is 35.5. The van der Waals surface area contributed by atoms with Crippen molar-refractivity contribution in [2.24, 2.45) is 0 Å². The first-order chi connectivity index (χ1) is 9.03. The zero-order valence-corrected chi connectivity index (χ0v) is 12.3. The molecule has 5 nitrogen and oxygen atoms in total. The molecule has 2 N–H and O–H groups in total. The summed E-state index contributed by atoms with van der Waals surface area (Å²) in [5.41, 5.74) is 0.976. The summed E-state index contributed by atoms with van der Waals surface area (Å²) in [6, 6.07) is 3.61. The number of ether oxygens (including phenoxy) is 2. The van der Waals surface area contributed by atoms with Gasteiger partial charge in [-0.25, -0.2) is 0 Å². The van der Waals surface area contributed by atoms with Crippen molar-refractivity contribution in [1.29, 1.82) is 0 Å². The molecule has 0 aromatic heterocycles. The summed E-state index contributed by atoms with van der Waals surface area (Å²) >= 11 is 6.18. The van der Waals surface area contributed by atoms with E-state index in [-0.39, 0.29) is 5.91 Å². The lowest BCUT2D eigenvalue weighted by atomic mass is 10.2.